The number of amides is 1. The van der Waals surface area contributed by atoms with Gasteiger partial charge in [-0.3, -0.25) is 9.69 Å². The molecule has 1 heterocycles. The number of nitrogens with zero attached hydrogens (tertiary/aromatic N) is 1. The van der Waals surface area contributed by atoms with Gasteiger partial charge in [-0.15, -0.1) is 0 Å². The number of hydrogen-bond donors (Lipinski definition) is 1. The van der Waals surface area contributed by atoms with Crippen molar-refractivity contribution in [1.29, 1.82) is 0 Å². The molecule has 1 aromatic rings. The molecule has 1 aliphatic heterocycles. The van der Waals surface area contributed by atoms with Gasteiger partial charge in [-0.2, -0.15) is 13.2 Å². The minimum atomic E-state index is -4.40. The minimum Gasteiger partial charge on any atom is -0.325 e. The SMILES string of the molecule is C[C@H]1C[C@H](C)CN(CC(=O)Nc2cccc(C(F)(F)F)c2)C1. The highest BCUT2D eigenvalue weighted by Crippen LogP contribution is 2.30. The molecule has 1 aromatic carbocycles. The predicted octanol–water partition coefficient (Wildman–Crippen LogP) is 3.62. The zero-order chi connectivity index (χ0) is 16.3. The Kier molecular flexibility index (Phi) is 5.11. The summed E-state index contributed by atoms with van der Waals surface area (Å²) in [5.41, 5.74) is -0.580. The van der Waals surface area contributed by atoms with Gasteiger partial charge in [-0.05, 0) is 36.5 Å². The van der Waals surface area contributed by atoms with E-state index < -0.39 is 11.7 Å². The van der Waals surface area contributed by atoms with Crippen LogP contribution >= 0.6 is 0 Å². The van der Waals surface area contributed by atoms with Crippen LogP contribution in [0.4, 0.5) is 18.9 Å². The lowest BCUT2D eigenvalue weighted by Gasteiger charge is -2.34. The zero-order valence-electron chi connectivity index (χ0n) is 12.8. The van der Waals surface area contributed by atoms with Crippen LogP contribution in [0.3, 0.4) is 0 Å². The number of halogens is 3. The van der Waals surface area contributed by atoms with Crippen molar-refractivity contribution in [2.45, 2.75) is 26.4 Å². The van der Waals surface area contributed by atoms with Crippen LogP contribution < -0.4 is 5.32 Å². The molecule has 6 heteroatoms. The van der Waals surface area contributed by atoms with E-state index in [1.807, 2.05) is 0 Å². The van der Waals surface area contributed by atoms with Gasteiger partial charge in [0.1, 0.15) is 0 Å². The Hall–Kier alpha value is -1.56. The van der Waals surface area contributed by atoms with Crippen LogP contribution in [0.1, 0.15) is 25.8 Å². The summed E-state index contributed by atoms with van der Waals surface area (Å²) in [4.78, 5) is 14.1. The van der Waals surface area contributed by atoms with Gasteiger partial charge in [0.25, 0.3) is 0 Å². The molecule has 122 valence electrons. The summed E-state index contributed by atoms with van der Waals surface area (Å²) in [6.45, 7) is 6.20. The van der Waals surface area contributed by atoms with E-state index in [0.29, 0.717) is 11.8 Å². The number of hydrogen-bond acceptors (Lipinski definition) is 2. The molecule has 3 nitrogen and oxygen atoms in total. The summed E-state index contributed by atoms with van der Waals surface area (Å²) in [6.07, 6.45) is -3.26. The van der Waals surface area contributed by atoms with E-state index in [2.05, 4.69) is 24.1 Å². The molecule has 2 atom stereocenters. The fourth-order valence-corrected chi connectivity index (χ4v) is 3.10. The third kappa shape index (κ3) is 4.73. The molecule has 2 rings (SSSR count). The first-order valence-electron chi connectivity index (χ1n) is 7.43. The third-order valence-electron chi connectivity index (χ3n) is 3.79. The first kappa shape index (κ1) is 16.8. The predicted molar refractivity (Wildman–Crippen MR) is 79.5 cm³/mol. The summed E-state index contributed by atoms with van der Waals surface area (Å²) in [5, 5.41) is 2.55. The molecule has 1 aliphatic rings. The van der Waals surface area contributed by atoms with E-state index in [-0.39, 0.29) is 18.1 Å². The minimum absolute atomic E-state index is 0.179. The summed E-state index contributed by atoms with van der Waals surface area (Å²) >= 11 is 0. The van der Waals surface area contributed by atoms with Gasteiger partial charge in [-0.25, -0.2) is 0 Å². The topological polar surface area (TPSA) is 32.3 Å². The van der Waals surface area contributed by atoms with Gasteiger partial charge in [0.15, 0.2) is 0 Å². The van der Waals surface area contributed by atoms with Gasteiger partial charge >= 0.3 is 6.18 Å². The molecular weight excluding hydrogens is 293 g/mol. The van der Waals surface area contributed by atoms with Gasteiger partial charge in [0.05, 0.1) is 12.1 Å². The number of carbonyl (C=O) groups excluding carboxylic acids is 1. The van der Waals surface area contributed by atoms with E-state index in [4.69, 9.17) is 0 Å². The highest BCUT2D eigenvalue weighted by atomic mass is 19.4. The normalized spacial score (nSPS) is 23.3. The maximum Gasteiger partial charge on any atom is 0.416 e. The highest BCUT2D eigenvalue weighted by Gasteiger charge is 2.30. The lowest BCUT2D eigenvalue weighted by molar-refractivity contribution is -0.137. The van der Waals surface area contributed by atoms with Crippen molar-refractivity contribution in [3.63, 3.8) is 0 Å². The van der Waals surface area contributed by atoms with Crippen LogP contribution in [0.15, 0.2) is 24.3 Å². The number of piperidine rings is 1. The fraction of sp³-hybridized carbons (Fsp3) is 0.562. The Morgan fingerprint density at radius 1 is 1.27 bits per heavy atom. The summed E-state index contributed by atoms with van der Waals surface area (Å²) in [5.74, 6) is 0.788. The molecule has 0 unspecified atom stereocenters. The van der Waals surface area contributed by atoms with Crippen molar-refractivity contribution in [3.05, 3.63) is 29.8 Å². The Bertz CT molecular complexity index is 520. The molecule has 22 heavy (non-hydrogen) atoms. The highest BCUT2D eigenvalue weighted by molar-refractivity contribution is 5.92. The average Bonchev–Trinajstić information content (AvgIpc) is 2.36. The van der Waals surface area contributed by atoms with Gasteiger partial charge in [-0.1, -0.05) is 19.9 Å². The van der Waals surface area contributed by atoms with E-state index in [9.17, 15) is 18.0 Å². The second-order valence-corrected chi connectivity index (χ2v) is 6.27. The maximum absolute atomic E-state index is 12.6. The lowest BCUT2D eigenvalue weighted by atomic mass is 9.92. The number of benzene rings is 1. The Morgan fingerprint density at radius 3 is 2.50 bits per heavy atom. The van der Waals surface area contributed by atoms with Crippen molar-refractivity contribution in [2.75, 3.05) is 25.0 Å². The van der Waals surface area contributed by atoms with Crippen molar-refractivity contribution >= 4 is 11.6 Å². The number of likely N-dealkylation sites (tertiary alicyclic amines) is 1. The Morgan fingerprint density at radius 2 is 1.91 bits per heavy atom. The molecule has 0 aromatic heterocycles. The van der Waals surface area contributed by atoms with Gasteiger partial charge < -0.3 is 5.32 Å². The smallest absolute Gasteiger partial charge is 0.325 e. The van der Waals surface area contributed by atoms with Gasteiger partial charge in [0, 0.05) is 18.8 Å². The molecule has 0 radical (unpaired) electrons. The quantitative estimate of drug-likeness (QED) is 0.924. The van der Waals surface area contributed by atoms with Crippen molar-refractivity contribution < 1.29 is 18.0 Å². The van der Waals surface area contributed by atoms with Crippen LogP contribution in [0.5, 0.6) is 0 Å². The molecule has 1 amide bonds. The largest absolute Gasteiger partial charge is 0.416 e. The van der Waals surface area contributed by atoms with E-state index in [1.54, 1.807) is 0 Å². The Balaban J connectivity index is 1.95. The fourth-order valence-electron chi connectivity index (χ4n) is 3.10. The molecule has 0 aliphatic carbocycles. The molecule has 0 spiro atoms. The monoisotopic (exact) mass is 314 g/mol. The number of carbonyl (C=O) groups is 1. The standard InChI is InChI=1S/C16H21F3N2O/c1-11-6-12(2)9-21(8-11)10-15(22)20-14-5-3-4-13(7-14)16(17,18)19/h3-5,7,11-12H,6,8-10H2,1-2H3,(H,20,22)/t11-,12-/m0/s1. The summed E-state index contributed by atoms with van der Waals surface area (Å²) in [6, 6.07) is 4.71. The summed E-state index contributed by atoms with van der Waals surface area (Å²) in [7, 11) is 0. The van der Waals surface area contributed by atoms with E-state index >= 15 is 0 Å². The zero-order valence-corrected chi connectivity index (χ0v) is 12.8. The van der Waals surface area contributed by atoms with Crippen molar-refractivity contribution in [2.24, 2.45) is 11.8 Å². The average molecular weight is 314 g/mol. The molecule has 0 saturated carbocycles. The van der Waals surface area contributed by atoms with Crippen LogP contribution in [-0.2, 0) is 11.0 Å². The van der Waals surface area contributed by atoms with Crippen LogP contribution in [0.2, 0.25) is 0 Å². The number of nitrogens with one attached hydrogen (secondary N) is 1. The second-order valence-electron chi connectivity index (χ2n) is 6.27. The first-order valence-corrected chi connectivity index (χ1v) is 7.43. The molecule has 1 saturated heterocycles. The molecule has 0 bridgehead atoms. The summed E-state index contributed by atoms with van der Waals surface area (Å²) < 4.78 is 37.9. The van der Waals surface area contributed by atoms with Crippen molar-refractivity contribution in [3.8, 4) is 0 Å². The molecule has 1 N–H and O–H groups in total. The Labute approximate surface area is 128 Å². The van der Waals surface area contributed by atoms with E-state index in [0.717, 1.165) is 31.6 Å². The number of anilines is 1. The third-order valence-corrected chi connectivity index (χ3v) is 3.79. The molecule has 1 fully saturated rings. The lowest BCUT2D eigenvalue weighted by Crippen LogP contribution is -2.42. The second kappa shape index (κ2) is 6.69. The van der Waals surface area contributed by atoms with Crippen LogP contribution in [-0.4, -0.2) is 30.4 Å². The maximum atomic E-state index is 12.6. The molecular formula is C16H21F3N2O. The van der Waals surface area contributed by atoms with Crippen molar-refractivity contribution in [1.82, 2.24) is 4.90 Å². The first-order chi connectivity index (χ1) is 10.2. The van der Waals surface area contributed by atoms with Gasteiger partial charge in [0.2, 0.25) is 5.91 Å². The van der Waals surface area contributed by atoms with Crippen LogP contribution in [0, 0.1) is 11.8 Å². The number of alkyl halides is 3. The van der Waals surface area contributed by atoms with E-state index in [1.165, 1.54) is 12.1 Å². The van der Waals surface area contributed by atoms with Crippen LogP contribution in [0.25, 0.3) is 0 Å². The number of rotatable bonds is 3.